The van der Waals surface area contributed by atoms with Crippen LogP contribution in [0.3, 0.4) is 0 Å². The van der Waals surface area contributed by atoms with Crippen molar-refractivity contribution in [1.29, 1.82) is 0 Å². The van der Waals surface area contributed by atoms with Crippen molar-refractivity contribution in [3.05, 3.63) is 112 Å². The van der Waals surface area contributed by atoms with E-state index < -0.39 is 23.6 Å². The topological polar surface area (TPSA) is 71.8 Å². The van der Waals surface area contributed by atoms with Crippen molar-refractivity contribution in [3.63, 3.8) is 0 Å². The Labute approximate surface area is 198 Å². The summed E-state index contributed by atoms with van der Waals surface area (Å²) in [6, 6.07) is 16.7. The van der Waals surface area contributed by atoms with E-state index in [2.05, 4.69) is 20.7 Å². The minimum absolute atomic E-state index is 0.00726. The Morgan fingerprint density at radius 2 is 1.79 bits per heavy atom. The van der Waals surface area contributed by atoms with E-state index in [1.54, 1.807) is 6.07 Å². The van der Waals surface area contributed by atoms with Gasteiger partial charge in [-0.2, -0.15) is 4.98 Å². The maximum absolute atomic E-state index is 14.9. The van der Waals surface area contributed by atoms with Crippen LogP contribution in [-0.2, 0) is 0 Å². The summed E-state index contributed by atoms with van der Waals surface area (Å²) in [6.07, 6.45) is 1.81. The number of carbonyl (C=O) groups is 1. The van der Waals surface area contributed by atoms with Crippen LogP contribution in [0.5, 0.6) is 0 Å². The highest BCUT2D eigenvalue weighted by Crippen LogP contribution is 2.37. The van der Waals surface area contributed by atoms with Crippen molar-refractivity contribution in [2.24, 2.45) is 0 Å². The van der Waals surface area contributed by atoms with Crippen LogP contribution in [0, 0.1) is 18.6 Å². The van der Waals surface area contributed by atoms with Gasteiger partial charge in [0.25, 0.3) is 11.9 Å². The number of carbonyl (C=O) groups excluding carboxylic acids is 1. The van der Waals surface area contributed by atoms with Crippen LogP contribution < -0.4 is 10.6 Å². The fourth-order valence-electron chi connectivity index (χ4n) is 3.72. The molecule has 3 aromatic carbocycles. The third-order valence-electron chi connectivity index (χ3n) is 5.46. The standard InChI is InChI=1S/C25H18ClF2N5O/c1-14-5-7-15(8-6-14)20-13-21(22-18(26)3-2-4-19(22)28)33-25(29-20)31-24(32-33)30-23(34)16-9-11-17(27)12-10-16/h2-13,21H,1H3,(H2,29,30,31,32,34). The minimum Gasteiger partial charge on any atom is -0.324 e. The Morgan fingerprint density at radius 3 is 2.50 bits per heavy atom. The molecule has 0 fully saturated rings. The van der Waals surface area contributed by atoms with E-state index in [4.69, 9.17) is 11.6 Å². The molecule has 2 N–H and O–H groups in total. The maximum Gasteiger partial charge on any atom is 0.258 e. The molecule has 1 aliphatic rings. The number of halogens is 3. The molecule has 9 heteroatoms. The number of hydrogen-bond donors (Lipinski definition) is 2. The Kier molecular flexibility index (Phi) is 5.59. The normalized spacial score (nSPS) is 14.7. The number of anilines is 2. The number of benzene rings is 3. The monoisotopic (exact) mass is 477 g/mol. The number of rotatable bonds is 4. The fraction of sp³-hybridized carbons (Fsp3) is 0.0800. The highest BCUT2D eigenvalue weighted by atomic mass is 35.5. The molecule has 4 aromatic rings. The fourth-order valence-corrected chi connectivity index (χ4v) is 4.00. The molecule has 5 rings (SSSR count). The maximum atomic E-state index is 14.9. The summed E-state index contributed by atoms with van der Waals surface area (Å²) >= 11 is 6.38. The highest BCUT2D eigenvalue weighted by Gasteiger charge is 2.29. The number of fused-ring (bicyclic) bond motifs is 1. The van der Waals surface area contributed by atoms with E-state index in [0.717, 1.165) is 11.1 Å². The molecule has 0 aliphatic carbocycles. The SMILES string of the molecule is Cc1ccc(C2=CC(c3c(F)cccc3Cl)n3nc(NC(=O)c4ccc(F)cc4)nc3N2)cc1. The summed E-state index contributed by atoms with van der Waals surface area (Å²) in [6.45, 7) is 1.99. The van der Waals surface area contributed by atoms with Crippen LogP contribution in [0.1, 0.15) is 33.1 Å². The molecule has 0 saturated carbocycles. The number of aromatic nitrogens is 3. The van der Waals surface area contributed by atoms with Crippen molar-refractivity contribution in [2.75, 3.05) is 10.6 Å². The zero-order chi connectivity index (χ0) is 23.8. The summed E-state index contributed by atoms with van der Waals surface area (Å²) in [5.41, 5.74) is 3.14. The van der Waals surface area contributed by atoms with Crippen molar-refractivity contribution < 1.29 is 13.6 Å². The quantitative estimate of drug-likeness (QED) is 0.388. The molecule has 0 bridgehead atoms. The van der Waals surface area contributed by atoms with Crippen molar-refractivity contribution in [1.82, 2.24) is 14.8 Å². The number of aryl methyl sites for hydroxylation is 1. The number of amides is 1. The zero-order valence-electron chi connectivity index (χ0n) is 17.9. The first kappa shape index (κ1) is 21.8. The Hall–Kier alpha value is -4.04. The lowest BCUT2D eigenvalue weighted by Gasteiger charge is -2.25. The summed E-state index contributed by atoms with van der Waals surface area (Å²) in [7, 11) is 0. The van der Waals surface area contributed by atoms with Crippen molar-refractivity contribution in [3.8, 4) is 0 Å². The Morgan fingerprint density at radius 1 is 1.06 bits per heavy atom. The average molecular weight is 478 g/mol. The molecule has 1 atom stereocenters. The van der Waals surface area contributed by atoms with Crippen LogP contribution in [0.25, 0.3) is 5.70 Å². The van der Waals surface area contributed by atoms with Crippen LogP contribution in [0.2, 0.25) is 5.02 Å². The van der Waals surface area contributed by atoms with Crippen LogP contribution >= 0.6 is 11.6 Å². The zero-order valence-corrected chi connectivity index (χ0v) is 18.6. The van der Waals surface area contributed by atoms with E-state index in [1.165, 1.54) is 41.1 Å². The van der Waals surface area contributed by atoms with E-state index in [0.29, 0.717) is 11.6 Å². The van der Waals surface area contributed by atoms with Crippen LogP contribution in [0.4, 0.5) is 20.7 Å². The van der Waals surface area contributed by atoms with Gasteiger partial charge in [-0.05, 0) is 55.0 Å². The average Bonchev–Trinajstić information content (AvgIpc) is 3.22. The van der Waals surface area contributed by atoms with Crippen molar-refractivity contribution in [2.45, 2.75) is 13.0 Å². The van der Waals surface area contributed by atoms with Crippen LogP contribution in [0.15, 0.2) is 72.8 Å². The predicted octanol–water partition coefficient (Wildman–Crippen LogP) is 5.83. The molecule has 34 heavy (non-hydrogen) atoms. The summed E-state index contributed by atoms with van der Waals surface area (Å²) < 4.78 is 29.5. The Balaban J connectivity index is 1.55. The third-order valence-corrected chi connectivity index (χ3v) is 5.79. The van der Waals surface area contributed by atoms with Crippen LogP contribution in [-0.4, -0.2) is 20.7 Å². The van der Waals surface area contributed by atoms with Gasteiger partial charge in [-0.15, -0.1) is 5.10 Å². The predicted molar refractivity (Wildman–Crippen MR) is 127 cm³/mol. The second-order valence-corrected chi connectivity index (χ2v) is 8.22. The lowest BCUT2D eigenvalue weighted by molar-refractivity contribution is 0.102. The summed E-state index contributed by atoms with van der Waals surface area (Å²) in [5.74, 6) is -1.13. The van der Waals surface area contributed by atoms with Gasteiger partial charge in [0.2, 0.25) is 5.95 Å². The number of nitrogens with one attached hydrogen (secondary N) is 2. The molecule has 0 spiro atoms. The minimum atomic E-state index is -0.717. The molecule has 1 amide bonds. The van der Waals surface area contributed by atoms with Gasteiger partial charge in [0.05, 0.1) is 0 Å². The van der Waals surface area contributed by atoms with Gasteiger partial charge >= 0.3 is 0 Å². The van der Waals surface area contributed by atoms with E-state index in [1.807, 2.05) is 37.3 Å². The van der Waals surface area contributed by atoms with Gasteiger partial charge in [0.15, 0.2) is 0 Å². The number of nitrogens with zero attached hydrogens (tertiary/aromatic N) is 3. The molecule has 170 valence electrons. The summed E-state index contributed by atoms with van der Waals surface area (Å²) in [4.78, 5) is 17.0. The van der Waals surface area contributed by atoms with Crippen molar-refractivity contribution >= 4 is 35.1 Å². The molecule has 0 saturated heterocycles. The second kappa shape index (κ2) is 8.72. The van der Waals surface area contributed by atoms with Gasteiger partial charge in [0, 0.05) is 21.8 Å². The molecule has 6 nitrogen and oxygen atoms in total. The number of hydrogen-bond acceptors (Lipinski definition) is 4. The molecular formula is C25H18ClF2N5O. The van der Waals surface area contributed by atoms with Gasteiger partial charge < -0.3 is 5.32 Å². The van der Waals surface area contributed by atoms with Gasteiger partial charge in [0.1, 0.15) is 17.7 Å². The lowest BCUT2D eigenvalue weighted by atomic mass is 10.0. The first-order chi connectivity index (χ1) is 16.4. The Bertz CT molecular complexity index is 1390. The van der Waals surface area contributed by atoms with E-state index in [-0.39, 0.29) is 22.1 Å². The smallest absolute Gasteiger partial charge is 0.258 e. The van der Waals surface area contributed by atoms with Gasteiger partial charge in [-0.3, -0.25) is 10.1 Å². The molecule has 1 aromatic heterocycles. The van der Waals surface area contributed by atoms with Gasteiger partial charge in [-0.1, -0.05) is 47.5 Å². The largest absolute Gasteiger partial charge is 0.324 e. The lowest BCUT2D eigenvalue weighted by Crippen LogP contribution is -2.21. The number of allylic oxidation sites excluding steroid dienone is 1. The first-order valence-corrected chi connectivity index (χ1v) is 10.8. The van der Waals surface area contributed by atoms with Gasteiger partial charge in [-0.25, -0.2) is 13.5 Å². The molecule has 2 heterocycles. The molecular weight excluding hydrogens is 460 g/mol. The highest BCUT2D eigenvalue weighted by molar-refractivity contribution is 6.31. The molecule has 1 unspecified atom stereocenters. The first-order valence-electron chi connectivity index (χ1n) is 10.4. The summed E-state index contributed by atoms with van der Waals surface area (Å²) in [5, 5.41) is 10.4. The molecule has 0 radical (unpaired) electrons. The molecule has 1 aliphatic heterocycles. The van der Waals surface area contributed by atoms with E-state index in [9.17, 15) is 13.6 Å². The third kappa shape index (κ3) is 4.15. The second-order valence-electron chi connectivity index (χ2n) is 7.82. The van der Waals surface area contributed by atoms with E-state index >= 15 is 0 Å².